The molecule has 0 amide bonds. The molecule has 1 aliphatic carbocycles. The summed E-state index contributed by atoms with van der Waals surface area (Å²) >= 11 is 0. The second-order valence-electron chi connectivity index (χ2n) is 6.85. The van der Waals surface area contributed by atoms with Gasteiger partial charge in [-0.1, -0.05) is 30.7 Å². The van der Waals surface area contributed by atoms with E-state index in [4.69, 9.17) is 4.74 Å². The van der Waals surface area contributed by atoms with Crippen LogP contribution in [0.1, 0.15) is 31.4 Å². The highest BCUT2D eigenvalue weighted by Crippen LogP contribution is 2.43. The highest BCUT2D eigenvalue weighted by molar-refractivity contribution is 5.85. The molecule has 1 aromatic heterocycles. The molecule has 1 heterocycles. The van der Waals surface area contributed by atoms with Gasteiger partial charge in [0.15, 0.2) is 5.96 Å². The van der Waals surface area contributed by atoms with Gasteiger partial charge >= 0.3 is 0 Å². The van der Waals surface area contributed by atoms with E-state index in [-0.39, 0.29) is 0 Å². The Labute approximate surface area is 149 Å². The summed E-state index contributed by atoms with van der Waals surface area (Å²) in [5, 5.41) is 9.29. The van der Waals surface area contributed by atoms with Crippen LogP contribution in [0, 0.1) is 5.41 Å². The lowest BCUT2D eigenvalue weighted by Crippen LogP contribution is -2.46. The van der Waals surface area contributed by atoms with E-state index in [2.05, 4.69) is 44.9 Å². The Balaban J connectivity index is 1.57. The monoisotopic (exact) mass is 340 g/mol. The molecule has 0 unspecified atom stereocenters. The fraction of sp³-hybridized carbons (Fsp3) is 0.500. The number of hydrogen-bond acceptors (Lipinski definition) is 3. The summed E-state index contributed by atoms with van der Waals surface area (Å²) < 4.78 is 5.27. The zero-order valence-corrected chi connectivity index (χ0v) is 15.2. The number of methoxy groups -OCH3 is 1. The number of guanidine groups is 1. The van der Waals surface area contributed by atoms with Gasteiger partial charge in [0.25, 0.3) is 0 Å². The number of nitrogens with zero attached hydrogens (tertiary/aromatic N) is 2. The second-order valence-corrected chi connectivity index (χ2v) is 6.85. The van der Waals surface area contributed by atoms with Crippen molar-refractivity contribution in [3.8, 4) is 0 Å². The molecule has 5 heteroatoms. The summed E-state index contributed by atoms with van der Waals surface area (Å²) in [5.74, 6) is 0.832. The highest BCUT2D eigenvalue weighted by Gasteiger charge is 2.36. The zero-order valence-electron chi connectivity index (χ0n) is 15.2. The molecule has 0 radical (unpaired) electrons. The summed E-state index contributed by atoms with van der Waals surface area (Å²) in [6, 6.07) is 10.4. The molecule has 1 aliphatic rings. The maximum atomic E-state index is 5.27. The second kappa shape index (κ2) is 8.30. The van der Waals surface area contributed by atoms with Crippen molar-refractivity contribution < 1.29 is 4.74 Å². The lowest BCUT2D eigenvalue weighted by atomic mass is 9.67. The molecule has 2 N–H and O–H groups in total. The SMILES string of the molecule is CN=C(NCc1nccc2ccccc12)NCC1(CCOC)CCC1. The van der Waals surface area contributed by atoms with Gasteiger partial charge in [-0.25, -0.2) is 0 Å². The number of fused-ring (bicyclic) bond motifs is 1. The van der Waals surface area contributed by atoms with E-state index in [1.165, 1.54) is 30.0 Å². The third kappa shape index (κ3) is 4.28. The number of aliphatic imine (C=N–C) groups is 1. The quantitative estimate of drug-likeness (QED) is 0.601. The van der Waals surface area contributed by atoms with E-state index in [1.807, 2.05) is 19.3 Å². The molecule has 3 rings (SSSR count). The minimum Gasteiger partial charge on any atom is -0.385 e. The number of pyridine rings is 1. The molecule has 1 fully saturated rings. The Morgan fingerprint density at radius 2 is 2.08 bits per heavy atom. The molecule has 25 heavy (non-hydrogen) atoms. The van der Waals surface area contributed by atoms with Crippen molar-refractivity contribution in [2.75, 3.05) is 27.3 Å². The maximum Gasteiger partial charge on any atom is 0.191 e. The number of benzene rings is 1. The van der Waals surface area contributed by atoms with Crippen LogP contribution in [0.15, 0.2) is 41.5 Å². The first-order valence-corrected chi connectivity index (χ1v) is 9.02. The summed E-state index contributed by atoms with van der Waals surface area (Å²) in [7, 11) is 3.59. The largest absolute Gasteiger partial charge is 0.385 e. The van der Waals surface area contributed by atoms with Crippen LogP contribution in [-0.2, 0) is 11.3 Å². The van der Waals surface area contributed by atoms with Crippen LogP contribution < -0.4 is 10.6 Å². The van der Waals surface area contributed by atoms with E-state index in [0.717, 1.165) is 31.2 Å². The van der Waals surface area contributed by atoms with Crippen LogP contribution in [0.4, 0.5) is 0 Å². The van der Waals surface area contributed by atoms with Crippen LogP contribution in [0.2, 0.25) is 0 Å². The van der Waals surface area contributed by atoms with Gasteiger partial charge in [0.1, 0.15) is 0 Å². The number of nitrogens with one attached hydrogen (secondary N) is 2. The van der Waals surface area contributed by atoms with E-state index < -0.39 is 0 Å². The number of ether oxygens (including phenoxy) is 1. The third-order valence-electron chi connectivity index (χ3n) is 5.28. The topological polar surface area (TPSA) is 58.5 Å². The average Bonchev–Trinajstić information content (AvgIpc) is 2.63. The smallest absolute Gasteiger partial charge is 0.191 e. The van der Waals surface area contributed by atoms with E-state index in [1.54, 1.807) is 7.11 Å². The molecule has 0 bridgehead atoms. The summed E-state index contributed by atoms with van der Waals surface area (Å²) in [4.78, 5) is 8.89. The van der Waals surface area contributed by atoms with Gasteiger partial charge in [0.05, 0.1) is 12.2 Å². The number of rotatable bonds is 7. The van der Waals surface area contributed by atoms with Crippen molar-refractivity contribution in [3.63, 3.8) is 0 Å². The van der Waals surface area contributed by atoms with Crippen molar-refractivity contribution in [1.29, 1.82) is 0 Å². The molecular formula is C20H28N4O. The Morgan fingerprint density at radius 1 is 1.24 bits per heavy atom. The van der Waals surface area contributed by atoms with Crippen LogP contribution in [0.5, 0.6) is 0 Å². The van der Waals surface area contributed by atoms with Crippen molar-refractivity contribution in [2.24, 2.45) is 10.4 Å². The third-order valence-corrected chi connectivity index (χ3v) is 5.28. The molecule has 0 atom stereocenters. The Morgan fingerprint density at radius 3 is 2.80 bits per heavy atom. The average molecular weight is 340 g/mol. The van der Waals surface area contributed by atoms with Gasteiger partial charge < -0.3 is 15.4 Å². The molecule has 0 spiro atoms. The molecule has 2 aromatic rings. The van der Waals surface area contributed by atoms with Crippen LogP contribution in [-0.4, -0.2) is 38.3 Å². The van der Waals surface area contributed by atoms with Crippen LogP contribution >= 0.6 is 0 Å². The fourth-order valence-corrected chi connectivity index (χ4v) is 3.49. The summed E-state index contributed by atoms with van der Waals surface area (Å²) in [5.41, 5.74) is 1.41. The predicted molar refractivity (Wildman–Crippen MR) is 103 cm³/mol. The van der Waals surface area contributed by atoms with E-state index in [0.29, 0.717) is 12.0 Å². The van der Waals surface area contributed by atoms with Gasteiger partial charge in [-0.2, -0.15) is 0 Å². The van der Waals surface area contributed by atoms with E-state index in [9.17, 15) is 0 Å². The van der Waals surface area contributed by atoms with Crippen molar-refractivity contribution in [2.45, 2.75) is 32.2 Å². The van der Waals surface area contributed by atoms with Crippen molar-refractivity contribution >= 4 is 16.7 Å². The number of hydrogen-bond donors (Lipinski definition) is 2. The standard InChI is InChI=1S/C20H28N4O/c1-21-19(24-15-20(9-5-10-20)11-13-25-2)23-14-18-17-7-4-3-6-16(17)8-12-22-18/h3-4,6-8,12H,5,9-11,13-15H2,1-2H3,(H2,21,23,24). The first-order valence-electron chi connectivity index (χ1n) is 9.02. The maximum absolute atomic E-state index is 5.27. The molecule has 1 aromatic carbocycles. The summed E-state index contributed by atoms with van der Waals surface area (Å²) in [6.07, 6.45) is 6.83. The fourth-order valence-electron chi connectivity index (χ4n) is 3.49. The lowest BCUT2D eigenvalue weighted by molar-refractivity contribution is 0.0732. The minimum atomic E-state index is 0.366. The molecule has 1 saturated carbocycles. The van der Waals surface area contributed by atoms with Gasteiger partial charge in [-0.05, 0) is 36.1 Å². The van der Waals surface area contributed by atoms with Crippen LogP contribution in [0.25, 0.3) is 10.8 Å². The van der Waals surface area contributed by atoms with E-state index >= 15 is 0 Å². The Kier molecular flexibility index (Phi) is 5.87. The molecule has 134 valence electrons. The molecular weight excluding hydrogens is 312 g/mol. The Hall–Kier alpha value is -2.14. The van der Waals surface area contributed by atoms with Crippen LogP contribution in [0.3, 0.4) is 0 Å². The van der Waals surface area contributed by atoms with Gasteiger partial charge in [-0.15, -0.1) is 0 Å². The molecule has 0 saturated heterocycles. The number of aromatic nitrogens is 1. The van der Waals surface area contributed by atoms with Crippen molar-refractivity contribution in [3.05, 3.63) is 42.2 Å². The lowest BCUT2D eigenvalue weighted by Gasteiger charge is -2.42. The van der Waals surface area contributed by atoms with Gasteiger partial charge in [-0.3, -0.25) is 9.98 Å². The predicted octanol–water partition coefficient (Wildman–Crippen LogP) is 3.11. The molecule has 5 nitrogen and oxygen atoms in total. The zero-order chi connectivity index (χ0) is 17.5. The van der Waals surface area contributed by atoms with Gasteiger partial charge in [0, 0.05) is 38.9 Å². The Bertz CT molecular complexity index is 719. The first-order chi connectivity index (χ1) is 12.3. The van der Waals surface area contributed by atoms with Crippen molar-refractivity contribution in [1.82, 2.24) is 15.6 Å². The summed E-state index contributed by atoms with van der Waals surface area (Å²) in [6.45, 7) is 2.43. The molecule has 0 aliphatic heterocycles. The normalized spacial score (nSPS) is 16.5. The first kappa shape index (κ1) is 17.7. The minimum absolute atomic E-state index is 0.366. The van der Waals surface area contributed by atoms with Gasteiger partial charge in [0.2, 0.25) is 0 Å². The highest BCUT2D eigenvalue weighted by atomic mass is 16.5.